The standard InChI is InChI=1S/C9H7BrClNO3/c10-5-1-2-7(11)6(3-5)8(9(14)15)12-4-13/h1-4,8H,(H,12,13)(H,14,15). The molecule has 1 aromatic rings. The Balaban J connectivity index is 3.15. The Morgan fingerprint density at radius 3 is 2.80 bits per heavy atom. The van der Waals surface area contributed by atoms with Crippen LogP contribution in [0.1, 0.15) is 11.6 Å². The second kappa shape index (κ2) is 5.14. The Labute approximate surface area is 99.4 Å². The van der Waals surface area contributed by atoms with E-state index in [1.54, 1.807) is 18.2 Å². The van der Waals surface area contributed by atoms with Gasteiger partial charge in [0.2, 0.25) is 6.41 Å². The van der Waals surface area contributed by atoms with Gasteiger partial charge in [-0.2, -0.15) is 0 Å². The minimum atomic E-state index is -1.16. The van der Waals surface area contributed by atoms with Crippen LogP contribution in [0.25, 0.3) is 0 Å². The van der Waals surface area contributed by atoms with Gasteiger partial charge in [-0.05, 0) is 18.2 Å². The van der Waals surface area contributed by atoms with E-state index in [1.165, 1.54) is 0 Å². The summed E-state index contributed by atoms with van der Waals surface area (Å²) < 4.78 is 0.695. The zero-order chi connectivity index (χ0) is 11.4. The molecule has 1 atom stereocenters. The summed E-state index contributed by atoms with van der Waals surface area (Å²) in [5, 5.41) is 11.4. The van der Waals surface area contributed by atoms with E-state index in [0.717, 1.165) is 0 Å². The van der Waals surface area contributed by atoms with E-state index in [1.807, 2.05) is 0 Å². The van der Waals surface area contributed by atoms with Crippen LogP contribution in [0.3, 0.4) is 0 Å². The Hall–Kier alpha value is -1.07. The number of amides is 1. The van der Waals surface area contributed by atoms with Crippen molar-refractivity contribution in [2.75, 3.05) is 0 Å². The third kappa shape index (κ3) is 2.94. The normalized spacial score (nSPS) is 11.9. The Morgan fingerprint density at radius 1 is 1.60 bits per heavy atom. The summed E-state index contributed by atoms with van der Waals surface area (Å²) in [5.41, 5.74) is 0.339. The molecule has 0 aliphatic carbocycles. The second-order valence-electron chi connectivity index (χ2n) is 2.72. The fourth-order valence-electron chi connectivity index (χ4n) is 1.10. The molecular formula is C9H7BrClNO3. The van der Waals surface area contributed by atoms with Crippen LogP contribution in [0, 0.1) is 0 Å². The highest BCUT2D eigenvalue weighted by Crippen LogP contribution is 2.26. The van der Waals surface area contributed by atoms with E-state index >= 15 is 0 Å². The highest BCUT2D eigenvalue weighted by atomic mass is 79.9. The van der Waals surface area contributed by atoms with Crippen LogP contribution in [-0.2, 0) is 9.59 Å². The molecule has 15 heavy (non-hydrogen) atoms. The zero-order valence-corrected chi connectivity index (χ0v) is 9.75. The molecule has 0 heterocycles. The van der Waals surface area contributed by atoms with Gasteiger partial charge in [0.05, 0.1) is 0 Å². The average Bonchev–Trinajstić information content (AvgIpc) is 2.18. The first-order chi connectivity index (χ1) is 7.06. The number of hydrogen-bond acceptors (Lipinski definition) is 2. The zero-order valence-electron chi connectivity index (χ0n) is 7.41. The van der Waals surface area contributed by atoms with Crippen LogP contribution in [-0.4, -0.2) is 17.5 Å². The number of carboxylic acid groups (broad SMARTS) is 1. The minimum Gasteiger partial charge on any atom is -0.479 e. The summed E-state index contributed by atoms with van der Waals surface area (Å²) in [5.74, 6) is -1.16. The smallest absolute Gasteiger partial charge is 0.330 e. The van der Waals surface area contributed by atoms with Crippen LogP contribution < -0.4 is 5.32 Å². The maximum atomic E-state index is 10.9. The second-order valence-corrected chi connectivity index (χ2v) is 4.04. The van der Waals surface area contributed by atoms with Gasteiger partial charge in [0.1, 0.15) is 0 Å². The maximum Gasteiger partial charge on any atom is 0.330 e. The van der Waals surface area contributed by atoms with Gasteiger partial charge in [0.25, 0.3) is 0 Å². The summed E-state index contributed by atoms with van der Waals surface area (Å²) in [6, 6.07) is 3.67. The SMILES string of the molecule is O=CNC(C(=O)O)c1cc(Br)ccc1Cl. The van der Waals surface area contributed by atoms with Gasteiger partial charge >= 0.3 is 5.97 Å². The monoisotopic (exact) mass is 291 g/mol. The van der Waals surface area contributed by atoms with Crippen molar-refractivity contribution in [1.29, 1.82) is 0 Å². The van der Waals surface area contributed by atoms with Crippen molar-refractivity contribution < 1.29 is 14.7 Å². The van der Waals surface area contributed by atoms with Crippen LogP contribution in [0.15, 0.2) is 22.7 Å². The highest BCUT2D eigenvalue weighted by Gasteiger charge is 2.21. The van der Waals surface area contributed by atoms with Crippen LogP contribution >= 0.6 is 27.5 Å². The van der Waals surface area contributed by atoms with Gasteiger partial charge in [0.15, 0.2) is 6.04 Å². The molecule has 1 aromatic carbocycles. The van der Waals surface area contributed by atoms with Gasteiger partial charge in [-0.25, -0.2) is 4.79 Å². The Kier molecular flexibility index (Phi) is 4.11. The topological polar surface area (TPSA) is 66.4 Å². The van der Waals surface area contributed by atoms with Gasteiger partial charge in [0, 0.05) is 15.1 Å². The fraction of sp³-hybridized carbons (Fsp3) is 0.111. The summed E-state index contributed by atoms with van der Waals surface area (Å²) in [7, 11) is 0. The summed E-state index contributed by atoms with van der Waals surface area (Å²) in [4.78, 5) is 21.1. The molecule has 0 radical (unpaired) electrons. The van der Waals surface area contributed by atoms with Crippen LogP contribution in [0.5, 0.6) is 0 Å². The molecule has 1 rings (SSSR count). The van der Waals surface area contributed by atoms with Gasteiger partial charge in [-0.15, -0.1) is 0 Å². The van der Waals surface area contributed by atoms with E-state index in [-0.39, 0.29) is 0 Å². The van der Waals surface area contributed by atoms with E-state index in [9.17, 15) is 9.59 Å². The van der Waals surface area contributed by atoms with Crippen molar-refractivity contribution in [3.8, 4) is 0 Å². The van der Waals surface area contributed by atoms with E-state index in [2.05, 4.69) is 21.2 Å². The van der Waals surface area contributed by atoms with Crippen molar-refractivity contribution in [1.82, 2.24) is 5.32 Å². The van der Waals surface area contributed by atoms with Crippen molar-refractivity contribution in [3.63, 3.8) is 0 Å². The van der Waals surface area contributed by atoms with Crippen molar-refractivity contribution in [2.24, 2.45) is 0 Å². The first-order valence-corrected chi connectivity index (χ1v) is 5.11. The molecule has 0 aromatic heterocycles. The summed E-state index contributed by atoms with van der Waals surface area (Å²) in [6.07, 6.45) is 0.329. The lowest BCUT2D eigenvalue weighted by atomic mass is 10.1. The number of carboxylic acids is 1. The summed E-state index contributed by atoms with van der Waals surface area (Å²) >= 11 is 9.03. The van der Waals surface area contributed by atoms with Crippen molar-refractivity contribution in [3.05, 3.63) is 33.3 Å². The molecule has 0 saturated carbocycles. The molecule has 1 amide bonds. The van der Waals surface area contributed by atoms with Crippen molar-refractivity contribution >= 4 is 39.9 Å². The first-order valence-electron chi connectivity index (χ1n) is 3.93. The highest BCUT2D eigenvalue weighted by molar-refractivity contribution is 9.10. The Bertz CT molecular complexity index is 397. The molecule has 6 heteroatoms. The van der Waals surface area contributed by atoms with Gasteiger partial charge in [-0.3, -0.25) is 4.79 Å². The third-order valence-corrected chi connectivity index (χ3v) is 2.59. The lowest BCUT2D eigenvalue weighted by molar-refractivity contribution is -0.140. The van der Waals surface area contributed by atoms with Crippen LogP contribution in [0.4, 0.5) is 0 Å². The lowest BCUT2D eigenvalue weighted by Gasteiger charge is -2.13. The molecule has 1 unspecified atom stereocenters. The van der Waals surface area contributed by atoms with Gasteiger partial charge < -0.3 is 10.4 Å². The number of halogens is 2. The van der Waals surface area contributed by atoms with Gasteiger partial charge in [-0.1, -0.05) is 27.5 Å². The van der Waals surface area contributed by atoms with Crippen molar-refractivity contribution in [2.45, 2.75) is 6.04 Å². The fourth-order valence-corrected chi connectivity index (χ4v) is 1.70. The van der Waals surface area contributed by atoms with Crippen LogP contribution in [0.2, 0.25) is 5.02 Å². The maximum absolute atomic E-state index is 10.9. The van der Waals surface area contributed by atoms with E-state index in [4.69, 9.17) is 16.7 Å². The number of benzene rings is 1. The molecule has 0 bridgehead atoms. The predicted octanol–water partition coefficient (Wildman–Crippen LogP) is 1.97. The average molecular weight is 293 g/mol. The largest absolute Gasteiger partial charge is 0.479 e. The summed E-state index contributed by atoms with van der Waals surface area (Å²) in [6.45, 7) is 0. The molecule has 4 nitrogen and oxygen atoms in total. The molecule has 2 N–H and O–H groups in total. The molecule has 0 spiro atoms. The third-order valence-electron chi connectivity index (χ3n) is 1.75. The number of hydrogen-bond donors (Lipinski definition) is 2. The number of carbonyl (C=O) groups is 2. The first kappa shape index (κ1) is 12.0. The molecule has 0 fully saturated rings. The molecule has 0 aliphatic rings. The quantitative estimate of drug-likeness (QED) is 0.834. The van der Waals surface area contributed by atoms with E-state index in [0.29, 0.717) is 21.5 Å². The number of aliphatic carboxylic acids is 1. The number of nitrogens with one attached hydrogen (secondary N) is 1. The van der Waals surface area contributed by atoms with E-state index < -0.39 is 12.0 Å². The number of carbonyl (C=O) groups excluding carboxylic acids is 1. The molecule has 0 saturated heterocycles. The number of rotatable bonds is 4. The Morgan fingerprint density at radius 2 is 2.27 bits per heavy atom. The predicted molar refractivity (Wildman–Crippen MR) is 58.7 cm³/mol. The lowest BCUT2D eigenvalue weighted by Crippen LogP contribution is -2.27. The molecule has 0 aliphatic heterocycles. The molecular weight excluding hydrogens is 285 g/mol. The molecule has 80 valence electrons. The minimum absolute atomic E-state index is 0.292.